The van der Waals surface area contributed by atoms with Crippen molar-refractivity contribution >= 4 is 22.6 Å². The van der Waals surface area contributed by atoms with E-state index in [1.165, 1.54) is 6.92 Å². The lowest BCUT2D eigenvalue weighted by Crippen LogP contribution is -2.40. The predicted octanol–water partition coefficient (Wildman–Crippen LogP) is 1.37. The monoisotopic (exact) mass is 288 g/mol. The number of carboxylic acids is 1. The molecular weight excluding hydrogens is 272 g/mol. The summed E-state index contributed by atoms with van der Waals surface area (Å²) < 4.78 is 0. The number of hydrogen-bond donors (Lipinski definition) is 3. The van der Waals surface area contributed by atoms with Crippen LogP contribution in [-0.4, -0.2) is 28.0 Å². The molecule has 3 N–H and O–H groups in total. The van der Waals surface area contributed by atoms with Crippen molar-refractivity contribution in [2.24, 2.45) is 5.92 Å². The SMILES string of the molecule is CC(NC(=O)c1cc2ccccc2c(=O)[nH]1)C(C)C(=O)O. The number of carbonyl (C=O) groups excluding carboxylic acids is 1. The molecule has 2 aromatic rings. The maximum atomic E-state index is 12.1. The van der Waals surface area contributed by atoms with Gasteiger partial charge in [-0.25, -0.2) is 0 Å². The predicted molar refractivity (Wildman–Crippen MR) is 78.3 cm³/mol. The van der Waals surface area contributed by atoms with Crippen LogP contribution in [0.15, 0.2) is 35.1 Å². The number of carbonyl (C=O) groups is 2. The zero-order valence-corrected chi connectivity index (χ0v) is 11.7. The third-order valence-electron chi connectivity index (χ3n) is 3.50. The summed E-state index contributed by atoms with van der Waals surface area (Å²) in [6.07, 6.45) is 0. The number of aromatic nitrogens is 1. The average Bonchev–Trinajstić information content (AvgIpc) is 2.46. The summed E-state index contributed by atoms with van der Waals surface area (Å²) in [6, 6.07) is 7.96. The Kier molecular flexibility index (Phi) is 4.07. The van der Waals surface area contributed by atoms with Gasteiger partial charge in [0.05, 0.1) is 5.92 Å². The lowest BCUT2D eigenvalue weighted by atomic mass is 10.0. The van der Waals surface area contributed by atoms with E-state index in [4.69, 9.17) is 5.11 Å². The number of aromatic amines is 1. The third kappa shape index (κ3) is 3.10. The third-order valence-corrected chi connectivity index (χ3v) is 3.50. The molecule has 0 saturated heterocycles. The van der Waals surface area contributed by atoms with Crippen LogP contribution in [-0.2, 0) is 4.79 Å². The Balaban J connectivity index is 2.28. The van der Waals surface area contributed by atoms with Crippen LogP contribution >= 0.6 is 0 Å². The fraction of sp³-hybridized carbons (Fsp3) is 0.267. The summed E-state index contributed by atoms with van der Waals surface area (Å²) in [5.74, 6) is -2.21. The molecule has 1 aromatic heterocycles. The van der Waals surface area contributed by atoms with Crippen molar-refractivity contribution in [2.45, 2.75) is 19.9 Å². The second-order valence-corrected chi connectivity index (χ2v) is 4.99. The van der Waals surface area contributed by atoms with Gasteiger partial charge in [-0.2, -0.15) is 0 Å². The molecule has 1 amide bonds. The zero-order valence-electron chi connectivity index (χ0n) is 11.7. The number of aliphatic carboxylic acids is 1. The van der Waals surface area contributed by atoms with Crippen LogP contribution in [0.4, 0.5) is 0 Å². The van der Waals surface area contributed by atoms with Gasteiger partial charge in [0.2, 0.25) is 0 Å². The fourth-order valence-electron chi connectivity index (χ4n) is 1.96. The second-order valence-electron chi connectivity index (χ2n) is 4.99. The Labute approximate surface area is 120 Å². The topological polar surface area (TPSA) is 99.3 Å². The largest absolute Gasteiger partial charge is 0.481 e. The van der Waals surface area contributed by atoms with Gasteiger partial charge in [0, 0.05) is 11.4 Å². The summed E-state index contributed by atoms with van der Waals surface area (Å²) >= 11 is 0. The van der Waals surface area contributed by atoms with E-state index in [2.05, 4.69) is 10.3 Å². The van der Waals surface area contributed by atoms with Crippen molar-refractivity contribution in [3.05, 3.63) is 46.4 Å². The van der Waals surface area contributed by atoms with Crippen molar-refractivity contribution in [3.63, 3.8) is 0 Å². The summed E-state index contributed by atoms with van der Waals surface area (Å²) in [5.41, 5.74) is -0.236. The second kappa shape index (κ2) is 5.78. The van der Waals surface area contributed by atoms with Gasteiger partial charge in [-0.05, 0) is 31.4 Å². The minimum absolute atomic E-state index is 0.114. The Morgan fingerprint density at radius 2 is 1.90 bits per heavy atom. The van der Waals surface area contributed by atoms with E-state index in [9.17, 15) is 14.4 Å². The first-order valence-corrected chi connectivity index (χ1v) is 6.56. The van der Waals surface area contributed by atoms with Gasteiger partial charge < -0.3 is 15.4 Å². The van der Waals surface area contributed by atoms with Crippen molar-refractivity contribution in [1.82, 2.24) is 10.3 Å². The summed E-state index contributed by atoms with van der Waals surface area (Å²) in [5, 5.41) is 12.7. The minimum Gasteiger partial charge on any atom is -0.481 e. The highest BCUT2D eigenvalue weighted by Gasteiger charge is 2.22. The van der Waals surface area contributed by atoms with E-state index >= 15 is 0 Å². The first-order chi connectivity index (χ1) is 9.90. The van der Waals surface area contributed by atoms with Crippen LogP contribution in [0.3, 0.4) is 0 Å². The molecule has 2 unspecified atom stereocenters. The molecule has 1 heterocycles. The highest BCUT2D eigenvalue weighted by atomic mass is 16.4. The Morgan fingerprint density at radius 1 is 1.24 bits per heavy atom. The molecule has 2 rings (SSSR count). The molecule has 0 spiro atoms. The van der Waals surface area contributed by atoms with Gasteiger partial charge in [-0.15, -0.1) is 0 Å². The van der Waals surface area contributed by atoms with Crippen LogP contribution < -0.4 is 10.9 Å². The lowest BCUT2D eigenvalue weighted by Gasteiger charge is -2.17. The molecule has 0 aliphatic heterocycles. The van der Waals surface area contributed by atoms with Gasteiger partial charge in [0.15, 0.2) is 0 Å². The van der Waals surface area contributed by atoms with Gasteiger partial charge in [0.25, 0.3) is 11.5 Å². The number of amides is 1. The van der Waals surface area contributed by atoms with E-state index in [1.54, 1.807) is 37.3 Å². The molecule has 2 atom stereocenters. The molecule has 0 radical (unpaired) electrons. The van der Waals surface area contributed by atoms with Crippen LogP contribution in [0, 0.1) is 5.92 Å². The maximum Gasteiger partial charge on any atom is 0.308 e. The maximum absolute atomic E-state index is 12.1. The Hall–Kier alpha value is -2.63. The van der Waals surface area contributed by atoms with Gasteiger partial charge in [-0.3, -0.25) is 14.4 Å². The molecule has 6 heteroatoms. The Morgan fingerprint density at radius 3 is 2.57 bits per heavy atom. The van der Waals surface area contributed by atoms with Crippen molar-refractivity contribution in [1.29, 1.82) is 0 Å². The number of nitrogens with one attached hydrogen (secondary N) is 2. The number of H-pyrrole nitrogens is 1. The van der Waals surface area contributed by atoms with Crippen LogP contribution in [0.25, 0.3) is 10.8 Å². The summed E-state index contributed by atoms with van der Waals surface area (Å²) in [4.78, 5) is 37.4. The molecule has 6 nitrogen and oxygen atoms in total. The number of benzene rings is 1. The normalized spacial score (nSPS) is 13.6. The molecule has 1 aromatic carbocycles. The van der Waals surface area contributed by atoms with Crippen LogP contribution in [0.2, 0.25) is 0 Å². The number of pyridine rings is 1. The molecule has 0 aliphatic carbocycles. The molecular formula is C15H16N2O4. The van der Waals surface area contributed by atoms with E-state index in [0.717, 1.165) is 0 Å². The van der Waals surface area contributed by atoms with Gasteiger partial charge in [-0.1, -0.05) is 18.2 Å². The highest BCUT2D eigenvalue weighted by Crippen LogP contribution is 2.10. The van der Waals surface area contributed by atoms with Crippen molar-refractivity contribution in [3.8, 4) is 0 Å². The fourth-order valence-corrected chi connectivity index (χ4v) is 1.96. The first kappa shape index (κ1) is 14.8. The number of carboxylic acid groups (broad SMARTS) is 1. The Bertz CT molecular complexity index is 751. The van der Waals surface area contributed by atoms with E-state index in [-0.39, 0.29) is 11.3 Å². The van der Waals surface area contributed by atoms with Crippen LogP contribution in [0.1, 0.15) is 24.3 Å². The first-order valence-electron chi connectivity index (χ1n) is 6.56. The highest BCUT2D eigenvalue weighted by molar-refractivity contribution is 5.96. The van der Waals surface area contributed by atoms with Crippen molar-refractivity contribution in [2.75, 3.05) is 0 Å². The molecule has 0 bridgehead atoms. The lowest BCUT2D eigenvalue weighted by molar-refractivity contribution is -0.141. The van der Waals surface area contributed by atoms with Crippen molar-refractivity contribution < 1.29 is 14.7 Å². The number of hydrogen-bond acceptors (Lipinski definition) is 3. The average molecular weight is 288 g/mol. The molecule has 0 saturated carbocycles. The quantitative estimate of drug-likeness (QED) is 0.791. The zero-order chi connectivity index (χ0) is 15.6. The van der Waals surface area contributed by atoms with Gasteiger partial charge in [0.1, 0.15) is 5.69 Å². The van der Waals surface area contributed by atoms with Gasteiger partial charge >= 0.3 is 5.97 Å². The molecule has 0 aliphatic rings. The van der Waals surface area contributed by atoms with E-state index in [1.807, 2.05) is 0 Å². The number of rotatable bonds is 4. The molecule has 21 heavy (non-hydrogen) atoms. The minimum atomic E-state index is -0.991. The molecule has 110 valence electrons. The standard InChI is InChI=1S/C15H16N2O4/c1-8(15(20)21)9(2)16-14(19)12-7-10-5-3-4-6-11(10)13(18)17-12/h3-9H,1-2H3,(H,16,19)(H,17,18)(H,20,21). The van der Waals surface area contributed by atoms with E-state index < -0.39 is 23.8 Å². The summed E-state index contributed by atoms with van der Waals surface area (Å²) in [6.45, 7) is 3.12. The molecule has 0 fully saturated rings. The van der Waals surface area contributed by atoms with Crippen LogP contribution in [0.5, 0.6) is 0 Å². The van der Waals surface area contributed by atoms with E-state index in [0.29, 0.717) is 10.8 Å². The number of fused-ring (bicyclic) bond motifs is 1. The summed E-state index contributed by atoms with van der Waals surface area (Å²) in [7, 11) is 0. The smallest absolute Gasteiger partial charge is 0.308 e.